The highest BCUT2D eigenvalue weighted by molar-refractivity contribution is 5.74. The summed E-state index contributed by atoms with van der Waals surface area (Å²) in [6.45, 7) is 0.827. The molecule has 2 amide bonds. The first kappa shape index (κ1) is 15.2. The first-order valence-electron chi connectivity index (χ1n) is 6.44. The van der Waals surface area contributed by atoms with Crippen molar-refractivity contribution in [1.82, 2.24) is 25.2 Å². The number of nitrogens with one attached hydrogen (secondary N) is 1. The molecule has 0 saturated carbocycles. The molecular weight excluding hydrogens is 282 g/mol. The van der Waals surface area contributed by atoms with Crippen LogP contribution in [0.2, 0.25) is 0 Å². The number of amides is 2. The number of carboxylic acid groups (broad SMARTS) is 1. The minimum atomic E-state index is -1.02. The van der Waals surface area contributed by atoms with Crippen molar-refractivity contribution >= 4 is 12.0 Å². The Bertz CT molecular complexity index is 505. The smallest absolute Gasteiger partial charge is 0.325 e. The summed E-state index contributed by atoms with van der Waals surface area (Å²) >= 11 is 0. The number of hydrogen-bond donors (Lipinski definition) is 3. The van der Waals surface area contributed by atoms with E-state index in [2.05, 4.69) is 15.6 Å². The van der Waals surface area contributed by atoms with Crippen molar-refractivity contribution in [2.45, 2.75) is 19.1 Å². The van der Waals surface area contributed by atoms with Crippen LogP contribution in [0, 0.1) is 0 Å². The molecule has 1 aliphatic rings. The van der Waals surface area contributed by atoms with Crippen LogP contribution in [-0.4, -0.2) is 74.5 Å². The van der Waals surface area contributed by atoms with E-state index in [1.54, 1.807) is 0 Å². The summed E-state index contributed by atoms with van der Waals surface area (Å²) in [5, 5.41) is 27.9. The van der Waals surface area contributed by atoms with Gasteiger partial charge in [0.15, 0.2) is 0 Å². The Morgan fingerprint density at radius 3 is 3.05 bits per heavy atom. The standard InChI is InChI=1S/C11H17N5O5/c17-6-9-7-21-2-1-16(9)11(20)12-3-8-4-15(14-13-8)5-10(18)19/h4,9,17H,1-3,5-7H2,(H,12,20)(H,18,19). The van der Waals surface area contributed by atoms with Gasteiger partial charge in [-0.15, -0.1) is 5.10 Å². The van der Waals surface area contributed by atoms with Crippen LogP contribution in [0.1, 0.15) is 5.69 Å². The number of ether oxygens (including phenoxy) is 1. The van der Waals surface area contributed by atoms with Crippen molar-refractivity contribution in [1.29, 1.82) is 0 Å². The Labute approximate surface area is 120 Å². The van der Waals surface area contributed by atoms with Gasteiger partial charge in [-0.1, -0.05) is 5.21 Å². The normalized spacial score (nSPS) is 18.5. The summed E-state index contributed by atoms with van der Waals surface area (Å²) < 4.78 is 6.37. The SMILES string of the molecule is O=C(O)Cn1cc(CNC(=O)N2CCOCC2CO)nn1. The fourth-order valence-electron chi connectivity index (χ4n) is 1.98. The molecule has 1 saturated heterocycles. The zero-order chi connectivity index (χ0) is 15.2. The number of aliphatic hydroxyl groups is 1. The number of nitrogens with zero attached hydrogens (tertiary/aromatic N) is 4. The molecule has 21 heavy (non-hydrogen) atoms. The zero-order valence-electron chi connectivity index (χ0n) is 11.3. The molecule has 3 N–H and O–H groups in total. The number of morpholine rings is 1. The highest BCUT2D eigenvalue weighted by atomic mass is 16.5. The second-order valence-electron chi connectivity index (χ2n) is 4.56. The van der Waals surface area contributed by atoms with Crippen molar-refractivity contribution < 1.29 is 24.5 Å². The van der Waals surface area contributed by atoms with E-state index in [4.69, 9.17) is 9.84 Å². The molecule has 1 aromatic heterocycles. The molecule has 0 aromatic carbocycles. The Hall–Kier alpha value is -2.20. The van der Waals surface area contributed by atoms with E-state index in [1.165, 1.54) is 15.8 Å². The fourth-order valence-corrected chi connectivity index (χ4v) is 1.98. The molecule has 0 bridgehead atoms. The monoisotopic (exact) mass is 299 g/mol. The Morgan fingerprint density at radius 2 is 2.33 bits per heavy atom. The van der Waals surface area contributed by atoms with Crippen molar-refractivity contribution in [3.05, 3.63) is 11.9 Å². The maximum Gasteiger partial charge on any atom is 0.325 e. The van der Waals surface area contributed by atoms with Crippen LogP contribution in [0.3, 0.4) is 0 Å². The number of rotatable bonds is 5. The molecule has 2 rings (SSSR count). The summed E-state index contributed by atoms with van der Waals surface area (Å²) in [7, 11) is 0. The van der Waals surface area contributed by atoms with Crippen LogP contribution in [-0.2, 0) is 22.6 Å². The Kier molecular flexibility index (Phi) is 5.06. The molecule has 1 atom stereocenters. The number of aliphatic hydroxyl groups excluding tert-OH is 1. The van der Waals surface area contributed by atoms with Crippen LogP contribution in [0.5, 0.6) is 0 Å². The minimum absolute atomic E-state index is 0.133. The molecule has 1 aromatic rings. The molecule has 1 aliphatic heterocycles. The molecule has 1 unspecified atom stereocenters. The highest BCUT2D eigenvalue weighted by Crippen LogP contribution is 2.06. The second-order valence-corrected chi connectivity index (χ2v) is 4.56. The lowest BCUT2D eigenvalue weighted by molar-refractivity contribution is -0.137. The summed E-state index contributed by atoms with van der Waals surface area (Å²) in [6.07, 6.45) is 1.46. The lowest BCUT2D eigenvalue weighted by Crippen LogP contribution is -2.53. The largest absolute Gasteiger partial charge is 0.480 e. The van der Waals surface area contributed by atoms with Gasteiger partial charge in [-0.25, -0.2) is 9.48 Å². The van der Waals surface area contributed by atoms with Crippen LogP contribution < -0.4 is 5.32 Å². The third kappa shape index (κ3) is 4.13. The predicted octanol–water partition coefficient (Wildman–Crippen LogP) is -1.73. The van der Waals surface area contributed by atoms with E-state index in [-0.39, 0.29) is 31.8 Å². The summed E-state index contributed by atoms with van der Waals surface area (Å²) in [5.74, 6) is -1.02. The first-order chi connectivity index (χ1) is 10.1. The summed E-state index contributed by atoms with van der Waals surface area (Å²) in [5.41, 5.74) is 0.457. The maximum atomic E-state index is 12.0. The van der Waals surface area contributed by atoms with Crippen molar-refractivity contribution in [3.63, 3.8) is 0 Å². The third-order valence-electron chi connectivity index (χ3n) is 3.00. The van der Waals surface area contributed by atoms with Gasteiger partial charge in [0.25, 0.3) is 0 Å². The lowest BCUT2D eigenvalue weighted by Gasteiger charge is -2.34. The number of carboxylic acids is 1. The van der Waals surface area contributed by atoms with Gasteiger partial charge in [0, 0.05) is 6.54 Å². The van der Waals surface area contributed by atoms with E-state index < -0.39 is 5.97 Å². The first-order valence-corrected chi connectivity index (χ1v) is 6.44. The highest BCUT2D eigenvalue weighted by Gasteiger charge is 2.26. The van der Waals surface area contributed by atoms with Crippen LogP contribution >= 0.6 is 0 Å². The van der Waals surface area contributed by atoms with Gasteiger partial charge in [0.2, 0.25) is 0 Å². The fraction of sp³-hybridized carbons (Fsp3) is 0.636. The van der Waals surface area contributed by atoms with Crippen molar-refractivity contribution in [2.24, 2.45) is 0 Å². The number of urea groups is 1. The summed E-state index contributed by atoms with van der Waals surface area (Å²) in [4.78, 5) is 24.0. The van der Waals surface area contributed by atoms with E-state index in [1.807, 2.05) is 0 Å². The van der Waals surface area contributed by atoms with Gasteiger partial charge in [-0.05, 0) is 0 Å². The quantitative estimate of drug-likeness (QED) is 0.588. The summed E-state index contributed by atoms with van der Waals surface area (Å²) in [6, 6.07) is -0.688. The number of hydrogen-bond acceptors (Lipinski definition) is 6. The van der Waals surface area contributed by atoms with Crippen molar-refractivity contribution in [2.75, 3.05) is 26.4 Å². The molecule has 2 heterocycles. The molecule has 10 heteroatoms. The molecule has 1 fully saturated rings. The average Bonchev–Trinajstić information content (AvgIpc) is 2.91. The average molecular weight is 299 g/mol. The van der Waals surface area contributed by atoms with E-state index in [0.717, 1.165) is 0 Å². The van der Waals surface area contributed by atoms with E-state index >= 15 is 0 Å². The molecular formula is C11H17N5O5. The van der Waals surface area contributed by atoms with Gasteiger partial charge < -0.3 is 25.2 Å². The molecule has 0 radical (unpaired) electrons. The predicted molar refractivity (Wildman–Crippen MR) is 68.3 cm³/mol. The number of carbonyl (C=O) groups is 2. The van der Waals surface area contributed by atoms with Gasteiger partial charge in [-0.3, -0.25) is 4.79 Å². The van der Waals surface area contributed by atoms with Gasteiger partial charge >= 0.3 is 12.0 Å². The van der Waals surface area contributed by atoms with E-state index in [0.29, 0.717) is 25.5 Å². The minimum Gasteiger partial charge on any atom is -0.480 e. The Morgan fingerprint density at radius 1 is 1.52 bits per heavy atom. The van der Waals surface area contributed by atoms with Crippen molar-refractivity contribution in [3.8, 4) is 0 Å². The van der Waals surface area contributed by atoms with Crippen LogP contribution in [0.4, 0.5) is 4.79 Å². The van der Waals surface area contributed by atoms with Gasteiger partial charge in [0.05, 0.1) is 38.6 Å². The topological polar surface area (TPSA) is 130 Å². The number of aliphatic carboxylic acids is 1. The van der Waals surface area contributed by atoms with Gasteiger partial charge in [0.1, 0.15) is 12.2 Å². The lowest BCUT2D eigenvalue weighted by atomic mass is 10.2. The van der Waals surface area contributed by atoms with Crippen LogP contribution in [0.15, 0.2) is 6.20 Å². The Balaban J connectivity index is 1.85. The third-order valence-corrected chi connectivity index (χ3v) is 3.00. The maximum absolute atomic E-state index is 12.0. The number of aromatic nitrogens is 3. The molecule has 116 valence electrons. The molecule has 10 nitrogen and oxygen atoms in total. The number of carbonyl (C=O) groups excluding carboxylic acids is 1. The zero-order valence-corrected chi connectivity index (χ0v) is 11.3. The molecule has 0 aliphatic carbocycles. The molecule has 0 spiro atoms. The van der Waals surface area contributed by atoms with E-state index in [9.17, 15) is 14.7 Å². The second kappa shape index (κ2) is 6.99. The van der Waals surface area contributed by atoms with Gasteiger partial charge in [-0.2, -0.15) is 0 Å². The van der Waals surface area contributed by atoms with Crippen LogP contribution in [0.25, 0.3) is 0 Å².